The van der Waals surface area contributed by atoms with Crippen molar-refractivity contribution in [2.75, 3.05) is 23.8 Å². The molecule has 1 saturated heterocycles. The normalized spacial score (nSPS) is 19.9. The molecule has 1 aliphatic heterocycles. The lowest BCUT2D eigenvalue weighted by molar-refractivity contribution is -0.144. The van der Waals surface area contributed by atoms with Gasteiger partial charge in [0.15, 0.2) is 0 Å². The van der Waals surface area contributed by atoms with Gasteiger partial charge in [-0.1, -0.05) is 0 Å². The number of anilines is 2. The van der Waals surface area contributed by atoms with E-state index in [0.717, 1.165) is 5.69 Å². The maximum Gasteiger partial charge on any atom is 0.258 e. The molecule has 0 atom stereocenters. The minimum atomic E-state index is -0.736. The van der Waals surface area contributed by atoms with Crippen molar-refractivity contribution in [3.05, 3.63) is 24.3 Å². The highest BCUT2D eigenvalue weighted by Crippen LogP contribution is 2.24. The summed E-state index contributed by atoms with van der Waals surface area (Å²) >= 11 is 0. The predicted octanol–water partition coefficient (Wildman–Crippen LogP) is 1.41. The highest BCUT2D eigenvalue weighted by atomic mass is 16.5. The maximum absolute atomic E-state index is 12.1. The Kier molecular flexibility index (Phi) is 2.59. The first-order chi connectivity index (χ1) is 7.50. The number of nitrogens with zero attached hydrogens (tertiary/aromatic N) is 1. The fourth-order valence-corrected chi connectivity index (χ4v) is 1.78. The second-order valence-electron chi connectivity index (χ2n) is 4.41. The average Bonchev–Trinajstić information content (AvgIpc) is 2.24. The van der Waals surface area contributed by atoms with Crippen LogP contribution in [0.25, 0.3) is 0 Å². The van der Waals surface area contributed by atoms with Gasteiger partial charge in [0.05, 0.1) is 6.61 Å². The number of nitrogen functional groups attached to an aromatic ring is 1. The van der Waals surface area contributed by atoms with E-state index in [4.69, 9.17) is 10.5 Å². The fourth-order valence-electron chi connectivity index (χ4n) is 1.78. The lowest BCUT2D eigenvalue weighted by Gasteiger charge is -2.37. The van der Waals surface area contributed by atoms with Gasteiger partial charge in [0.2, 0.25) is 0 Å². The first-order valence-electron chi connectivity index (χ1n) is 5.32. The Morgan fingerprint density at radius 1 is 1.31 bits per heavy atom. The summed E-state index contributed by atoms with van der Waals surface area (Å²) in [6, 6.07) is 7.30. The predicted molar refractivity (Wildman–Crippen MR) is 63.2 cm³/mol. The van der Waals surface area contributed by atoms with Gasteiger partial charge < -0.3 is 15.4 Å². The molecule has 0 spiro atoms. The number of carbonyl (C=O) groups excluding carboxylic acids is 1. The molecule has 16 heavy (non-hydrogen) atoms. The van der Waals surface area contributed by atoms with E-state index in [0.29, 0.717) is 18.8 Å². The molecule has 0 unspecified atom stereocenters. The van der Waals surface area contributed by atoms with E-state index in [1.807, 2.05) is 12.1 Å². The van der Waals surface area contributed by atoms with Crippen molar-refractivity contribution in [1.29, 1.82) is 0 Å². The average molecular weight is 220 g/mol. The molecule has 0 bridgehead atoms. The third-order valence-electron chi connectivity index (χ3n) is 2.74. The van der Waals surface area contributed by atoms with E-state index in [-0.39, 0.29) is 5.91 Å². The van der Waals surface area contributed by atoms with Crippen molar-refractivity contribution in [3.8, 4) is 0 Å². The van der Waals surface area contributed by atoms with Gasteiger partial charge in [-0.2, -0.15) is 0 Å². The first kappa shape index (κ1) is 11.0. The first-order valence-corrected chi connectivity index (χ1v) is 5.32. The second kappa shape index (κ2) is 3.79. The molecular weight excluding hydrogens is 204 g/mol. The number of amides is 1. The zero-order valence-electron chi connectivity index (χ0n) is 9.56. The van der Waals surface area contributed by atoms with Gasteiger partial charge in [-0.25, -0.2) is 0 Å². The van der Waals surface area contributed by atoms with E-state index in [2.05, 4.69) is 0 Å². The van der Waals surface area contributed by atoms with Gasteiger partial charge in [0, 0.05) is 17.9 Å². The van der Waals surface area contributed by atoms with E-state index in [1.165, 1.54) is 0 Å². The molecule has 4 nitrogen and oxygen atoms in total. The number of rotatable bonds is 1. The monoisotopic (exact) mass is 220 g/mol. The van der Waals surface area contributed by atoms with Crippen LogP contribution in [-0.2, 0) is 9.53 Å². The van der Waals surface area contributed by atoms with E-state index in [1.54, 1.807) is 30.9 Å². The molecule has 0 saturated carbocycles. The summed E-state index contributed by atoms with van der Waals surface area (Å²) in [5.41, 5.74) is 6.45. The van der Waals surface area contributed by atoms with E-state index >= 15 is 0 Å². The lowest BCUT2D eigenvalue weighted by atomic mass is 10.1. The molecule has 1 aliphatic rings. The van der Waals surface area contributed by atoms with Crippen molar-refractivity contribution in [3.63, 3.8) is 0 Å². The van der Waals surface area contributed by atoms with Gasteiger partial charge in [-0.3, -0.25) is 4.79 Å². The number of hydrogen-bond donors (Lipinski definition) is 1. The summed E-state index contributed by atoms with van der Waals surface area (Å²) in [5, 5.41) is 0. The van der Waals surface area contributed by atoms with E-state index in [9.17, 15) is 4.79 Å². The molecule has 1 aromatic rings. The maximum atomic E-state index is 12.1. The number of benzene rings is 1. The number of ether oxygens (including phenoxy) is 1. The molecule has 2 rings (SSSR count). The van der Waals surface area contributed by atoms with Gasteiger partial charge >= 0.3 is 0 Å². The second-order valence-corrected chi connectivity index (χ2v) is 4.41. The van der Waals surface area contributed by atoms with Crippen LogP contribution in [0.2, 0.25) is 0 Å². The Bertz CT molecular complexity index is 398. The number of carbonyl (C=O) groups is 1. The van der Waals surface area contributed by atoms with Gasteiger partial charge in [0.1, 0.15) is 5.60 Å². The highest BCUT2D eigenvalue weighted by molar-refractivity contribution is 5.99. The Morgan fingerprint density at radius 2 is 1.94 bits per heavy atom. The van der Waals surface area contributed by atoms with Crippen LogP contribution in [-0.4, -0.2) is 24.7 Å². The third kappa shape index (κ3) is 1.88. The van der Waals surface area contributed by atoms with Crippen molar-refractivity contribution in [2.24, 2.45) is 0 Å². The fraction of sp³-hybridized carbons (Fsp3) is 0.417. The SMILES string of the molecule is CC1(C)OCCN(c2ccc(N)cc2)C1=O. The quantitative estimate of drug-likeness (QED) is 0.728. The van der Waals surface area contributed by atoms with Crippen LogP contribution in [0.3, 0.4) is 0 Å². The minimum absolute atomic E-state index is 0.0106. The summed E-state index contributed by atoms with van der Waals surface area (Å²) in [6.07, 6.45) is 0. The van der Waals surface area contributed by atoms with Gasteiger partial charge in [-0.15, -0.1) is 0 Å². The summed E-state index contributed by atoms with van der Waals surface area (Å²) in [6.45, 7) is 4.73. The van der Waals surface area contributed by atoms with Crippen LogP contribution >= 0.6 is 0 Å². The van der Waals surface area contributed by atoms with Crippen LogP contribution in [0.5, 0.6) is 0 Å². The molecule has 0 aromatic heterocycles. The minimum Gasteiger partial charge on any atom is -0.399 e. The molecule has 2 N–H and O–H groups in total. The van der Waals surface area contributed by atoms with Crippen LogP contribution in [0.4, 0.5) is 11.4 Å². The van der Waals surface area contributed by atoms with Gasteiger partial charge in [0.25, 0.3) is 5.91 Å². The number of hydrogen-bond acceptors (Lipinski definition) is 3. The van der Waals surface area contributed by atoms with Crippen LogP contribution in [0.1, 0.15) is 13.8 Å². The van der Waals surface area contributed by atoms with E-state index < -0.39 is 5.60 Å². The third-order valence-corrected chi connectivity index (χ3v) is 2.74. The molecule has 86 valence electrons. The zero-order chi connectivity index (χ0) is 11.8. The van der Waals surface area contributed by atoms with Crippen molar-refractivity contribution < 1.29 is 9.53 Å². The highest BCUT2D eigenvalue weighted by Gasteiger charge is 2.37. The molecule has 1 amide bonds. The van der Waals surface area contributed by atoms with Crippen LogP contribution in [0.15, 0.2) is 24.3 Å². The Balaban J connectivity index is 2.27. The molecule has 1 fully saturated rings. The lowest BCUT2D eigenvalue weighted by Crippen LogP contribution is -2.53. The summed E-state index contributed by atoms with van der Waals surface area (Å²) < 4.78 is 5.44. The molecule has 0 radical (unpaired) electrons. The summed E-state index contributed by atoms with van der Waals surface area (Å²) in [7, 11) is 0. The molecule has 1 aromatic carbocycles. The molecule has 1 heterocycles. The smallest absolute Gasteiger partial charge is 0.258 e. The summed E-state index contributed by atoms with van der Waals surface area (Å²) in [4.78, 5) is 13.8. The molecule has 0 aliphatic carbocycles. The number of nitrogens with two attached hydrogens (primary N) is 1. The van der Waals surface area contributed by atoms with Crippen molar-refractivity contribution >= 4 is 17.3 Å². The number of morpholine rings is 1. The van der Waals surface area contributed by atoms with Crippen molar-refractivity contribution in [2.45, 2.75) is 19.4 Å². The standard InChI is InChI=1S/C12H16N2O2/c1-12(2)11(15)14(7-8-16-12)10-5-3-9(13)4-6-10/h3-6H,7-8,13H2,1-2H3. The van der Waals surface area contributed by atoms with Crippen molar-refractivity contribution in [1.82, 2.24) is 0 Å². The Hall–Kier alpha value is -1.55. The Morgan fingerprint density at radius 3 is 2.56 bits per heavy atom. The summed E-state index contributed by atoms with van der Waals surface area (Å²) in [5.74, 6) is -0.0106. The molecule has 4 heteroatoms. The topological polar surface area (TPSA) is 55.6 Å². The largest absolute Gasteiger partial charge is 0.399 e. The molecular formula is C12H16N2O2. The van der Waals surface area contributed by atoms with Crippen LogP contribution in [0, 0.1) is 0 Å². The Labute approximate surface area is 95.0 Å². The van der Waals surface area contributed by atoms with Crippen LogP contribution < -0.4 is 10.6 Å². The van der Waals surface area contributed by atoms with Gasteiger partial charge in [-0.05, 0) is 38.1 Å². The zero-order valence-corrected chi connectivity index (χ0v) is 9.56.